The number of likely N-dealkylation sites (tertiary alicyclic amines) is 2. The van der Waals surface area contributed by atoms with Gasteiger partial charge in [0.1, 0.15) is 5.75 Å². The quantitative estimate of drug-likeness (QED) is 0.607. The lowest BCUT2D eigenvalue weighted by molar-refractivity contribution is -0.137. The highest BCUT2D eigenvalue weighted by molar-refractivity contribution is 5.31. The smallest absolute Gasteiger partial charge is 0.416 e. The number of piperidine rings is 1. The SMILES string of the molecule is COc1cccc(CN2C[C@@H](CN3CCCCC3)[C@H](c3cccc(C(F)(F)F)c3)C2)c1. The maximum Gasteiger partial charge on any atom is 0.416 e. The maximum atomic E-state index is 13.3. The van der Waals surface area contributed by atoms with Crippen LogP contribution in [0.15, 0.2) is 48.5 Å². The summed E-state index contributed by atoms with van der Waals surface area (Å²) in [6.45, 7) is 5.60. The Morgan fingerprint density at radius 1 is 0.935 bits per heavy atom. The van der Waals surface area contributed by atoms with E-state index in [0.717, 1.165) is 50.6 Å². The molecule has 0 unspecified atom stereocenters. The molecule has 6 heteroatoms. The molecule has 4 rings (SSSR count). The van der Waals surface area contributed by atoms with Gasteiger partial charge in [-0.1, -0.05) is 36.8 Å². The average molecular weight is 433 g/mol. The maximum absolute atomic E-state index is 13.3. The van der Waals surface area contributed by atoms with Gasteiger partial charge in [-0.15, -0.1) is 0 Å². The minimum atomic E-state index is -4.31. The summed E-state index contributed by atoms with van der Waals surface area (Å²) in [7, 11) is 1.66. The number of rotatable bonds is 6. The molecule has 0 amide bonds. The normalized spacial score (nSPS) is 23.2. The number of alkyl halides is 3. The van der Waals surface area contributed by atoms with Gasteiger partial charge < -0.3 is 9.64 Å². The zero-order valence-corrected chi connectivity index (χ0v) is 18.1. The molecule has 2 aromatic rings. The lowest BCUT2D eigenvalue weighted by Gasteiger charge is -2.31. The Labute approximate surface area is 182 Å². The van der Waals surface area contributed by atoms with Crippen molar-refractivity contribution in [3.8, 4) is 5.75 Å². The molecule has 2 saturated heterocycles. The van der Waals surface area contributed by atoms with E-state index in [1.54, 1.807) is 13.2 Å². The van der Waals surface area contributed by atoms with Crippen LogP contribution in [-0.2, 0) is 12.7 Å². The zero-order valence-electron chi connectivity index (χ0n) is 18.1. The average Bonchev–Trinajstić information content (AvgIpc) is 3.16. The molecule has 0 bridgehead atoms. The molecule has 0 aliphatic carbocycles. The van der Waals surface area contributed by atoms with Crippen LogP contribution in [-0.4, -0.2) is 49.6 Å². The number of halogens is 3. The third-order valence-corrected chi connectivity index (χ3v) is 6.64. The molecule has 2 aliphatic heterocycles. The molecule has 168 valence electrons. The van der Waals surface area contributed by atoms with Crippen LogP contribution < -0.4 is 4.74 Å². The van der Waals surface area contributed by atoms with Gasteiger partial charge in [-0.2, -0.15) is 13.2 Å². The molecular weight excluding hydrogens is 401 g/mol. The molecule has 3 nitrogen and oxygen atoms in total. The highest BCUT2D eigenvalue weighted by Gasteiger charge is 2.37. The van der Waals surface area contributed by atoms with E-state index < -0.39 is 11.7 Å². The molecule has 0 N–H and O–H groups in total. The monoisotopic (exact) mass is 432 g/mol. The van der Waals surface area contributed by atoms with Gasteiger partial charge in [0.05, 0.1) is 12.7 Å². The van der Waals surface area contributed by atoms with Crippen molar-refractivity contribution in [1.29, 1.82) is 0 Å². The van der Waals surface area contributed by atoms with Crippen molar-refractivity contribution < 1.29 is 17.9 Å². The fraction of sp³-hybridized carbons (Fsp3) is 0.520. The van der Waals surface area contributed by atoms with Gasteiger partial charge in [-0.05, 0) is 61.2 Å². The van der Waals surface area contributed by atoms with Crippen LogP contribution >= 0.6 is 0 Å². The van der Waals surface area contributed by atoms with Crippen LogP contribution in [0.2, 0.25) is 0 Å². The predicted octanol–water partition coefficient (Wildman–Crippen LogP) is 5.42. The summed E-state index contributed by atoms with van der Waals surface area (Å²) in [5.41, 5.74) is 1.43. The Kier molecular flexibility index (Phi) is 6.87. The standard InChI is InChI=1S/C25H31F3N2O/c1-31-23-10-5-7-19(13-23)15-30-17-21(16-29-11-3-2-4-12-29)24(18-30)20-8-6-9-22(14-20)25(26,27)28/h5-10,13-14,21,24H,2-4,11-12,15-18H2,1H3/t21-,24+/m1/s1. The second-order valence-corrected chi connectivity index (χ2v) is 8.90. The molecule has 0 saturated carbocycles. The second-order valence-electron chi connectivity index (χ2n) is 8.90. The van der Waals surface area contributed by atoms with E-state index >= 15 is 0 Å². The van der Waals surface area contributed by atoms with E-state index in [1.165, 1.54) is 37.0 Å². The highest BCUT2D eigenvalue weighted by Crippen LogP contribution is 2.37. The van der Waals surface area contributed by atoms with Crippen molar-refractivity contribution in [2.75, 3.05) is 39.8 Å². The van der Waals surface area contributed by atoms with Crippen molar-refractivity contribution in [2.45, 2.75) is 37.9 Å². The largest absolute Gasteiger partial charge is 0.497 e. The second kappa shape index (κ2) is 9.61. The van der Waals surface area contributed by atoms with Gasteiger partial charge in [-0.3, -0.25) is 4.90 Å². The van der Waals surface area contributed by atoms with Crippen LogP contribution in [0.5, 0.6) is 5.75 Å². The van der Waals surface area contributed by atoms with Crippen LogP contribution in [0, 0.1) is 5.92 Å². The first-order chi connectivity index (χ1) is 14.9. The summed E-state index contributed by atoms with van der Waals surface area (Å²) in [6, 6.07) is 14.0. The first-order valence-corrected chi connectivity index (χ1v) is 11.2. The lowest BCUT2D eigenvalue weighted by Crippen LogP contribution is -2.36. The molecule has 0 radical (unpaired) electrons. The van der Waals surface area contributed by atoms with Gasteiger partial charge in [0.25, 0.3) is 0 Å². The number of hydrogen-bond acceptors (Lipinski definition) is 3. The van der Waals surface area contributed by atoms with Crippen molar-refractivity contribution in [3.05, 3.63) is 65.2 Å². The fourth-order valence-corrected chi connectivity index (χ4v) is 5.10. The Morgan fingerprint density at radius 3 is 2.45 bits per heavy atom. The third kappa shape index (κ3) is 5.60. The fourth-order valence-electron chi connectivity index (χ4n) is 5.10. The molecular formula is C25H31F3N2O. The summed E-state index contributed by atoms with van der Waals surface area (Å²) in [6.07, 6.45) is -0.597. The first kappa shape index (κ1) is 22.2. The molecule has 2 atom stereocenters. The van der Waals surface area contributed by atoms with E-state index in [1.807, 2.05) is 24.3 Å². The van der Waals surface area contributed by atoms with Crippen LogP contribution in [0.4, 0.5) is 13.2 Å². The molecule has 2 aromatic carbocycles. The van der Waals surface area contributed by atoms with Crippen molar-refractivity contribution in [1.82, 2.24) is 9.80 Å². The Hall–Kier alpha value is -2.05. The van der Waals surface area contributed by atoms with Gasteiger partial charge >= 0.3 is 6.18 Å². The molecule has 31 heavy (non-hydrogen) atoms. The summed E-state index contributed by atoms with van der Waals surface area (Å²) >= 11 is 0. The predicted molar refractivity (Wildman–Crippen MR) is 116 cm³/mol. The minimum Gasteiger partial charge on any atom is -0.497 e. The number of nitrogens with zero attached hydrogens (tertiary/aromatic N) is 2. The first-order valence-electron chi connectivity index (χ1n) is 11.2. The van der Waals surface area contributed by atoms with Crippen LogP contribution in [0.1, 0.15) is 41.9 Å². The van der Waals surface area contributed by atoms with Crippen LogP contribution in [0.25, 0.3) is 0 Å². The number of benzene rings is 2. The molecule has 0 aromatic heterocycles. The topological polar surface area (TPSA) is 15.7 Å². The molecule has 2 fully saturated rings. The van der Waals surface area contributed by atoms with Crippen LogP contribution in [0.3, 0.4) is 0 Å². The summed E-state index contributed by atoms with van der Waals surface area (Å²) in [5.74, 6) is 1.26. The van der Waals surface area contributed by atoms with E-state index in [4.69, 9.17) is 4.74 Å². The van der Waals surface area contributed by atoms with Crippen molar-refractivity contribution in [3.63, 3.8) is 0 Å². The van der Waals surface area contributed by atoms with E-state index in [0.29, 0.717) is 5.92 Å². The summed E-state index contributed by atoms with van der Waals surface area (Å²) < 4.78 is 45.3. The van der Waals surface area contributed by atoms with E-state index in [2.05, 4.69) is 15.9 Å². The number of hydrogen-bond donors (Lipinski definition) is 0. The number of ether oxygens (including phenoxy) is 1. The van der Waals surface area contributed by atoms with Gasteiger partial charge in [0.15, 0.2) is 0 Å². The van der Waals surface area contributed by atoms with Crippen molar-refractivity contribution >= 4 is 0 Å². The van der Waals surface area contributed by atoms with E-state index in [-0.39, 0.29) is 5.92 Å². The third-order valence-electron chi connectivity index (χ3n) is 6.64. The molecule has 0 spiro atoms. The molecule has 2 aliphatic rings. The summed E-state index contributed by atoms with van der Waals surface area (Å²) in [4.78, 5) is 4.89. The summed E-state index contributed by atoms with van der Waals surface area (Å²) in [5, 5.41) is 0. The van der Waals surface area contributed by atoms with Gasteiger partial charge in [0, 0.05) is 32.1 Å². The van der Waals surface area contributed by atoms with E-state index in [9.17, 15) is 13.2 Å². The Morgan fingerprint density at radius 2 is 1.71 bits per heavy atom. The zero-order chi connectivity index (χ0) is 21.8. The minimum absolute atomic E-state index is 0.106. The number of methoxy groups -OCH3 is 1. The Balaban J connectivity index is 1.54. The Bertz CT molecular complexity index is 864. The van der Waals surface area contributed by atoms with Gasteiger partial charge in [0.2, 0.25) is 0 Å². The van der Waals surface area contributed by atoms with Gasteiger partial charge in [-0.25, -0.2) is 0 Å². The lowest BCUT2D eigenvalue weighted by atomic mass is 9.87. The highest BCUT2D eigenvalue weighted by atomic mass is 19.4. The van der Waals surface area contributed by atoms with Crippen molar-refractivity contribution in [2.24, 2.45) is 5.92 Å². The molecule has 2 heterocycles.